The van der Waals surface area contributed by atoms with Crippen LogP contribution >= 0.6 is 0 Å². The molecule has 0 saturated heterocycles. The number of nitrogens with zero attached hydrogens (tertiary/aromatic N) is 2. The Morgan fingerprint density at radius 3 is 1.41 bits per heavy atom. The molecule has 0 saturated carbocycles. The van der Waals surface area contributed by atoms with Crippen molar-refractivity contribution in [2.45, 2.75) is 25.7 Å². The lowest BCUT2D eigenvalue weighted by Crippen LogP contribution is -1.90. The van der Waals surface area contributed by atoms with E-state index < -0.39 is 0 Å². The molecule has 0 spiro atoms. The first-order chi connectivity index (χ1) is 15.8. The van der Waals surface area contributed by atoms with Crippen LogP contribution < -0.4 is 0 Å². The van der Waals surface area contributed by atoms with Gasteiger partial charge in [-0.25, -0.2) is 0 Å². The van der Waals surface area contributed by atoms with Gasteiger partial charge >= 0.3 is 0 Å². The van der Waals surface area contributed by atoms with Gasteiger partial charge in [-0.1, -0.05) is 78.9 Å². The summed E-state index contributed by atoms with van der Waals surface area (Å²) in [6.07, 6.45) is 3.83. The molecule has 0 unspecified atom stereocenters. The van der Waals surface area contributed by atoms with E-state index in [1.54, 1.807) is 0 Å². The third-order valence-corrected chi connectivity index (χ3v) is 5.77. The largest absolute Gasteiger partial charge is 0.278 e. The van der Waals surface area contributed by atoms with Crippen molar-refractivity contribution >= 4 is 0 Å². The SMILES string of the molecule is c1ccc(CCc2cc(-c3cccc(-c4cc(CCc5ccccc5)n[nH]4)c3)[nH]n2)cc1. The van der Waals surface area contributed by atoms with Crippen molar-refractivity contribution in [1.29, 1.82) is 0 Å². The fraction of sp³-hybridized carbons (Fsp3) is 0.143. The Morgan fingerprint density at radius 2 is 0.938 bits per heavy atom. The standard InChI is InChI=1S/C28H26N4/c1-3-8-21(9-4-1)14-16-25-19-27(31-29-25)23-12-7-13-24(18-23)28-20-26(30-32-28)17-15-22-10-5-2-6-11-22/h1-13,18-20H,14-17H2,(H,29,31)(H,30,32). The maximum atomic E-state index is 4.52. The molecule has 0 aliphatic rings. The molecule has 3 aromatic carbocycles. The van der Waals surface area contributed by atoms with Crippen LogP contribution in [0.5, 0.6) is 0 Å². The number of aromatic amines is 2. The van der Waals surface area contributed by atoms with E-state index in [1.807, 2.05) is 0 Å². The highest BCUT2D eigenvalue weighted by Gasteiger charge is 2.08. The van der Waals surface area contributed by atoms with E-state index in [4.69, 9.17) is 0 Å². The van der Waals surface area contributed by atoms with Crippen molar-refractivity contribution in [3.63, 3.8) is 0 Å². The summed E-state index contributed by atoms with van der Waals surface area (Å²) in [7, 11) is 0. The Hall–Kier alpha value is -3.92. The number of H-pyrrole nitrogens is 2. The summed E-state index contributed by atoms with van der Waals surface area (Å²) in [5.74, 6) is 0. The Morgan fingerprint density at radius 1 is 0.469 bits per heavy atom. The average molecular weight is 419 g/mol. The number of rotatable bonds is 8. The highest BCUT2D eigenvalue weighted by atomic mass is 15.1. The van der Waals surface area contributed by atoms with Crippen LogP contribution in [-0.2, 0) is 25.7 Å². The van der Waals surface area contributed by atoms with Crippen molar-refractivity contribution in [3.05, 3.63) is 120 Å². The van der Waals surface area contributed by atoms with Crippen LogP contribution in [0.2, 0.25) is 0 Å². The Kier molecular flexibility index (Phi) is 5.93. The predicted molar refractivity (Wildman–Crippen MR) is 129 cm³/mol. The molecular formula is C28H26N4. The summed E-state index contributed by atoms with van der Waals surface area (Å²) in [6, 6.07) is 33.9. The molecular weight excluding hydrogens is 392 g/mol. The summed E-state index contributed by atoms with van der Waals surface area (Å²) in [4.78, 5) is 0. The van der Waals surface area contributed by atoms with Crippen LogP contribution in [0.15, 0.2) is 97.1 Å². The Labute approximate surface area is 188 Å². The highest BCUT2D eigenvalue weighted by Crippen LogP contribution is 2.25. The number of benzene rings is 3. The lowest BCUT2D eigenvalue weighted by atomic mass is 10.0. The number of nitrogens with one attached hydrogen (secondary N) is 2. The van der Waals surface area contributed by atoms with Gasteiger partial charge in [-0.15, -0.1) is 0 Å². The number of aromatic nitrogens is 4. The topological polar surface area (TPSA) is 57.4 Å². The van der Waals surface area contributed by atoms with Crippen molar-refractivity contribution in [2.24, 2.45) is 0 Å². The lowest BCUT2D eigenvalue weighted by Gasteiger charge is -2.01. The van der Waals surface area contributed by atoms with E-state index >= 15 is 0 Å². The van der Waals surface area contributed by atoms with Crippen molar-refractivity contribution < 1.29 is 0 Å². The van der Waals surface area contributed by atoms with Gasteiger partial charge in [0.2, 0.25) is 0 Å². The van der Waals surface area contributed by atoms with Gasteiger partial charge in [0.25, 0.3) is 0 Å². The minimum atomic E-state index is 0.922. The van der Waals surface area contributed by atoms with Crippen LogP contribution in [0.3, 0.4) is 0 Å². The van der Waals surface area contributed by atoms with Crippen LogP contribution in [0.25, 0.3) is 22.5 Å². The molecule has 5 aromatic rings. The van der Waals surface area contributed by atoms with Gasteiger partial charge in [0.05, 0.1) is 22.8 Å². The summed E-state index contributed by atoms with van der Waals surface area (Å²) < 4.78 is 0. The van der Waals surface area contributed by atoms with Gasteiger partial charge in [0.1, 0.15) is 0 Å². The van der Waals surface area contributed by atoms with Crippen molar-refractivity contribution in [2.75, 3.05) is 0 Å². The van der Waals surface area contributed by atoms with Crippen LogP contribution in [0.1, 0.15) is 22.5 Å². The number of aryl methyl sites for hydroxylation is 4. The zero-order valence-corrected chi connectivity index (χ0v) is 18.0. The molecule has 0 fully saturated rings. The maximum Gasteiger partial charge on any atom is 0.0653 e. The smallest absolute Gasteiger partial charge is 0.0653 e. The minimum Gasteiger partial charge on any atom is -0.278 e. The molecule has 0 aliphatic carbocycles. The first-order valence-electron chi connectivity index (χ1n) is 11.1. The average Bonchev–Trinajstić information content (AvgIpc) is 3.53. The van der Waals surface area contributed by atoms with E-state index in [9.17, 15) is 0 Å². The van der Waals surface area contributed by atoms with Gasteiger partial charge in [-0.2, -0.15) is 10.2 Å². The van der Waals surface area contributed by atoms with E-state index in [1.165, 1.54) is 11.1 Å². The fourth-order valence-corrected chi connectivity index (χ4v) is 3.97. The molecule has 5 rings (SSSR count). The Balaban J connectivity index is 1.26. The van der Waals surface area contributed by atoms with E-state index in [0.717, 1.165) is 59.6 Å². The van der Waals surface area contributed by atoms with E-state index in [-0.39, 0.29) is 0 Å². The first-order valence-corrected chi connectivity index (χ1v) is 11.1. The molecule has 2 heterocycles. The first kappa shape index (κ1) is 20.0. The zero-order chi connectivity index (χ0) is 21.6. The summed E-state index contributed by atoms with van der Waals surface area (Å²) in [5.41, 5.74) is 9.17. The monoisotopic (exact) mass is 418 g/mol. The molecule has 0 atom stereocenters. The van der Waals surface area contributed by atoms with Crippen molar-refractivity contribution in [3.8, 4) is 22.5 Å². The zero-order valence-electron chi connectivity index (χ0n) is 18.0. The molecule has 2 N–H and O–H groups in total. The van der Waals surface area contributed by atoms with Gasteiger partial charge in [-0.3, -0.25) is 10.2 Å². The predicted octanol–water partition coefficient (Wildman–Crippen LogP) is 6.04. The molecule has 0 bridgehead atoms. The second kappa shape index (κ2) is 9.48. The second-order valence-corrected chi connectivity index (χ2v) is 8.10. The molecule has 0 radical (unpaired) electrons. The van der Waals surface area contributed by atoms with Gasteiger partial charge in [-0.05, 0) is 55.0 Å². The number of hydrogen-bond donors (Lipinski definition) is 2. The quantitative estimate of drug-likeness (QED) is 0.323. The van der Waals surface area contributed by atoms with E-state index in [2.05, 4.69) is 117 Å². The van der Waals surface area contributed by atoms with Crippen LogP contribution in [0.4, 0.5) is 0 Å². The summed E-state index contributed by atoms with van der Waals surface area (Å²) in [5, 5.41) is 15.5. The third-order valence-electron chi connectivity index (χ3n) is 5.77. The van der Waals surface area contributed by atoms with E-state index in [0.29, 0.717) is 0 Å². The second-order valence-electron chi connectivity index (χ2n) is 8.10. The summed E-state index contributed by atoms with van der Waals surface area (Å²) in [6.45, 7) is 0. The van der Waals surface area contributed by atoms with Gasteiger partial charge in [0.15, 0.2) is 0 Å². The third kappa shape index (κ3) is 4.86. The van der Waals surface area contributed by atoms with Crippen molar-refractivity contribution in [1.82, 2.24) is 20.4 Å². The molecule has 32 heavy (non-hydrogen) atoms. The maximum absolute atomic E-state index is 4.52. The minimum absolute atomic E-state index is 0.922. The van der Waals surface area contributed by atoms with Crippen LogP contribution in [-0.4, -0.2) is 20.4 Å². The normalized spacial score (nSPS) is 11.0. The molecule has 4 nitrogen and oxygen atoms in total. The van der Waals surface area contributed by atoms with Crippen LogP contribution in [0, 0.1) is 0 Å². The molecule has 0 aliphatic heterocycles. The van der Waals surface area contributed by atoms with Gasteiger partial charge in [0, 0.05) is 11.1 Å². The molecule has 0 amide bonds. The molecule has 158 valence electrons. The molecule has 4 heteroatoms. The van der Waals surface area contributed by atoms with Gasteiger partial charge < -0.3 is 0 Å². The summed E-state index contributed by atoms with van der Waals surface area (Å²) >= 11 is 0. The lowest BCUT2D eigenvalue weighted by molar-refractivity contribution is 0.893. The molecule has 2 aromatic heterocycles. The Bertz CT molecular complexity index is 1170. The highest BCUT2D eigenvalue weighted by molar-refractivity contribution is 5.69. The fourth-order valence-electron chi connectivity index (χ4n) is 3.97. The number of hydrogen-bond acceptors (Lipinski definition) is 2.